The number of aliphatic hydroxyl groups excluding tert-OH is 1. The molecule has 14 heavy (non-hydrogen) atoms. The van der Waals surface area contributed by atoms with Crippen LogP contribution in [0.3, 0.4) is 0 Å². The van der Waals surface area contributed by atoms with E-state index in [0.29, 0.717) is 0 Å². The Morgan fingerprint density at radius 3 is 2.43 bits per heavy atom. The van der Waals surface area contributed by atoms with Gasteiger partial charge in [0.15, 0.2) is 0 Å². The van der Waals surface area contributed by atoms with Gasteiger partial charge in [-0.3, -0.25) is 0 Å². The molecule has 1 aromatic carbocycles. The van der Waals surface area contributed by atoms with Crippen molar-refractivity contribution in [1.82, 2.24) is 4.98 Å². The SMILES string of the molecule is OC[C@H](c1ccccc1)c1ccc[nH]1. The molecule has 1 aromatic heterocycles. The van der Waals surface area contributed by atoms with E-state index in [1.807, 2.05) is 48.7 Å². The number of nitrogens with one attached hydrogen (secondary N) is 1. The third-order valence-electron chi connectivity index (χ3n) is 2.38. The van der Waals surface area contributed by atoms with E-state index in [1.54, 1.807) is 0 Å². The summed E-state index contributed by atoms with van der Waals surface area (Å²) in [7, 11) is 0. The van der Waals surface area contributed by atoms with Crippen molar-refractivity contribution in [2.24, 2.45) is 0 Å². The number of aliphatic hydroxyl groups is 1. The van der Waals surface area contributed by atoms with Crippen molar-refractivity contribution in [2.45, 2.75) is 5.92 Å². The lowest BCUT2D eigenvalue weighted by atomic mass is 9.97. The Bertz CT molecular complexity index is 366. The summed E-state index contributed by atoms with van der Waals surface area (Å²) in [4.78, 5) is 3.13. The first-order chi connectivity index (χ1) is 6.92. The van der Waals surface area contributed by atoms with Gasteiger partial charge in [0.1, 0.15) is 0 Å². The van der Waals surface area contributed by atoms with Crippen LogP contribution in [0.15, 0.2) is 48.7 Å². The lowest BCUT2D eigenvalue weighted by Crippen LogP contribution is -2.05. The summed E-state index contributed by atoms with van der Waals surface area (Å²) in [5.74, 6) is 0.0613. The van der Waals surface area contributed by atoms with Crippen LogP contribution in [0.5, 0.6) is 0 Å². The third-order valence-corrected chi connectivity index (χ3v) is 2.38. The molecule has 0 saturated carbocycles. The minimum atomic E-state index is 0.0613. The molecule has 1 atom stereocenters. The summed E-state index contributed by atoms with van der Waals surface area (Å²) in [5.41, 5.74) is 2.19. The van der Waals surface area contributed by atoms with Gasteiger partial charge < -0.3 is 10.1 Å². The molecule has 0 aliphatic rings. The lowest BCUT2D eigenvalue weighted by molar-refractivity contribution is 0.279. The maximum atomic E-state index is 9.33. The first kappa shape index (κ1) is 9.03. The molecule has 0 unspecified atom stereocenters. The van der Waals surface area contributed by atoms with Gasteiger partial charge in [-0.15, -0.1) is 0 Å². The zero-order valence-corrected chi connectivity index (χ0v) is 7.85. The molecule has 2 nitrogen and oxygen atoms in total. The van der Waals surface area contributed by atoms with Crippen LogP contribution < -0.4 is 0 Å². The van der Waals surface area contributed by atoms with Gasteiger partial charge in [-0.05, 0) is 17.7 Å². The molecule has 1 heterocycles. The monoisotopic (exact) mass is 187 g/mol. The topological polar surface area (TPSA) is 36.0 Å². The maximum Gasteiger partial charge on any atom is 0.0554 e. The van der Waals surface area contributed by atoms with Crippen molar-refractivity contribution in [3.05, 3.63) is 59.9 Å². The minimum Gasteiger partial charge on any atom is -0.395 e. The zero-order valence-electron chi connectivity index (χ0n) is 7.85. The molecule has 2 aromatic rings. The fourth-order valence-corrected chi connectivity index (χ4v) is 1.63. The van der Waals surface area contributed by atoms with Crippen LogP contribution in [-0.4, -0.2) is 16.7 Å². The van der Waals surface area contributed by atoms with Gasteiger partial charge >= 0.3 is 0 Å². The average Bonchev–Trinajstić information content (AvgIpc) is 2.74. The highest BCUT2D eigenvalue weighted by atomic mass is 16.3. The smallest absolute Gasteiger partial charge is 0.0554 e. The van der Waals surface area contributed by atoms with Crippen molar-refractivity contribution in [3.63, 3.8) is 0 Å². The van der Waals surface area contributed by atoms with E-state index in [4.69, 9.17) is 0 Å². The van der Waals surface area contributed by atoms with Crippen molar-refractivity contribution in [3.8, 4) is 0 Å². The highest BCUT2D eigenvalue weighted by Gasteiger charge is 2.12. The van der Waals surface area contributed by atoms with Crippen LogP contribution in [0.4, 0.5) is 0 Å². The number of H-pyrrole nitrogens is 1. The van der Waals surface area contributed by atoms with Crippen LogP contribution in [0.2, 0.25) is 0 Å². The normalized spacial score (nSPS) is 12.6. The molecule has 0 fully saturated rings. The third kappa shape index (κ3) is 1.70. The quantitative estimate of drug-likeness (QED) is 0.758. The largest absolute Gasteiger partial charge is 0.395 e. The Morgan fingerprint density at radius 2 is 1.86 bits per heavy atom. The molecular weight excluding hydrogens is 174 g/mol. The van der Waals surface area contributed by atoms with Gasteiger partial charge in [-0.1, -0.05) is 30.3 Å². The standard InChI is InChI=1S/C12H13NO/c14-9-11(12-7-4-8-13-12)10-5-2-1-3-6-10/h1-8,11,13-14H,9H2/t11-/m1/s1. The lowest BCUT2D eigenvalue weighted by Gasteiger charge is -2.12. The summed E-state index contributed by atoms with van der Waals surface area (Å²) in [5, 5.41) is 9.33. The summed E-state index contributed by atoms with van der Waals surface area (Å²) in [6, 6.07) is 14.0. The molecule has 0 radical (unpaired) electrons. The Balaban J connectivity index is 2.31. The van der Waals surface area contributed by atoms with Gasteiger partial charge in [-0.2, -0.15) is 0 Å². The molecule has 72 valence electrons. The minimum absolute atomic E-state index is 0.0613. The fraction of sp³-hybridized carbons (Fsp3) is 0.167. The summed E-state index contributed by atoms with van der Waals surface area (Å²) >= 11 is 0. The van der Waals surface area contributed by atoms with Crippen LogP contribution in [0, 0.1) is 0 Å². The maximum absolute atomic E-state index is 9.33. The second kappa shape index (κ2) is 4.11. The molecule has 0 aliphatic carbocycles. The number of hydrogen-bond acceptors (Lipinski definition) is 1. The van der Waals surface area contributed by atoms with E-state index in [2.05, 4.69) is 4.98 Å². The van der Waals surface area contributed by atoms with E-state index in [-0.39, 0.29) is 12.5 Å². The van der Waals surface area contributed by atoms with E-state index >= 15 is 0 Å². The molecule has 0 aliphatic heterocycles. The first-order valence-corrected chi connectivity index (χ1v) is 4.71. The van der Waals surface area contributed by atoms with Gasteiger partial charge in [0.2, 0.25) is 0 Å². The van der Waals surface area contributed by atoms with Crippen LogP contribution >= 0.6 is 0 Å². The number of benzene rings is 1. The van der Waals surface area contributed by atoms with Gasteiger partial charge in [0, 0.05) is 17.8 Å². The van der Waals surface area contributed by atoms with Crippen molar-refractivity contribution in [1.29, 1.82) is 0 Å². The highest BCUT2D eigenvalue weighted by molar-refractivity contribution is 5.28. The predicted molar refractivity (Wildman–Crippen MR) is 56.2 cm³/mol. The Labute approximate surface area is 83.2 Å². The Kier molecular flexibility index (Phi) is 2.65. The molecule has 2 N–H and O–H groups in total. The molecule has 2 heteroatoms. The van der Waals surface area contributed by atoms with E-state index in [1.165, 1.54) is 0 Å². The van der Waals surface area contributed by atoms with Crippen molar-refractivity contribution in [2.75, 3.05) is 6.61 Å². The summed E-state index contributed by atoms with van der Waals surface area (Å²) < 4.78 is 0. The number of rotatable bonds is 3. The molecule has 0 saturated heterocycles. The Morgan fingerprint density at radius 1 is 1.07 bits per heavy atom. The number of aromatic nitrogens is 1. The fourth-order valence-electron chi connectivity index (χ4n) is 1.63. The van der Waals surface area contributed by atoms with Gasteiger partial charge in [0.05, 0.1) is 6.61 Å². The first-order valence-electron chi connectivity index (χ1n) is 4.71. The number of hydrogen-bond donors (Lipinski definition) is 2. The molecule has 0 bridgehead atoms. The van der Waals surface area contributed by atoms with Crippen LogP contribution in [-0.2, 0) is 0 Å². The molecule has 0 spiro atoms. The Hall–Kier alpha value is -1.54. The van der Waals surface area contributed by atoms with Crippen molar-refractivity contribution < 1.29 is 5.11 Å². The average molecular weight is 187 g/mol. The summed E-state index contributed by atoms with van der Waals surface area (Å²) in [6.45, 7) is 0.129. The summed E-state index contributed by atoms with van der Waals surface area (Å²) in [6.07, 6.45) is 1.88. The molecular formula is C12H13NO. The van der Waals surface area contributed by atoms with Crippen molar-refractivity contribution >= 4 is 0 Å². The predicted octanol–water partition coefficient (Wildman–Crippen LogP) is 2.14. The molecule has 0 amide bonds. The van der Waals surface area contributed by atoms with Gasteiger partial charge in [-0.25, -0.2) is 0 Å². The second-order valence-electron chi connectivity index (χ2n) is 3.27. The van der Waals surface area contributed by atoms with Gasteiger partial charge in [0.25, 0.3) is 0 Å². The van der Waals surface area contributed by atoms with E-state index in [9.17, 15) is 5.11 Å². The number of aromatic amines is 1. The van der Waals surface area contributed by atoms with E-state index < -0.39 is 0 Å². The molecule has 2 rings (SSSR count). The second-order valence-corrected chi connectivity index (χ2v) is 3.27. The van der Waals surface area contributed by atoms with Crippen LogP contribution in [0.1, 0.15) is 17.2 Å². The highest BCUT2D eigenvalue weighted by Crippen LogP contribution is 2.21. The van der Waals surface area contributed by atoms with E-state index in [0.717, 1.165) is 11.3 Å². The zero-order chi connectivity index (χ0) is 9.80. The van der Waals surface area contributed by atoms with Crippen LogP contribution in [0.25, 0.3) is 0 Å².